The van der Waals surface area contributed by atoms with E-state index in [2.05, 4.69) is 14.7 Å². The maximum atomic E-state index is 14.0. The summed E-state index contributed by atoms with van der Waals surface area (Å²) in [4.78, 5) is 45.4. The molecule has 6 N–H and O–H groups in total. The highest BCUT2D eigenvalue weighted by molar-refractivity contribution is 7.10. The largest absolute Gasteiger partial charge is 0.395 e. The van der Waals surface area contributed by atoms with Gasteiger partial charge in [0.15, 0.2) is 5.69 Å². The Bertz CT molecular complexity index is 1400. The number of aromatic amines is 1. The number of nitrogen functional groups attached to an aromatic ring is 1. The number of carbonyl (C=O) groups excluding carboxylic acids is 3. The second kappa shape index (κ2) is 10.1. The van der Waals surface area contributed by atoms with Crippen LogP contribution in [0, 0.1) is 0 Å². The predicted octanol–water partition coefficient (Wildman–Crippen LogP) is 3.81. The molecule has 36 heavy (non-hydrogen) atoms. The van der Waals surface area contributed by atoms with Crippen LogP contribution in [0.2, 0.25) is 0 Å². The minimum Gasteiger partial charge on any atom is -0.395 e. The molecule has 1 saturated carbocycles. The Balaban J connectivity index is 1.62. The first-order valence-electron chi connectivity index (χ1n) is 11.7. The van der Waals surface area contributed by atoms with Gasteiger partial charge in [-0.25, -0.2) is 0 Å². The molecular weight excluding hydrogens is 496 g/mol. The summed E-state index contributed by atoms with van der Waals surface area (Å²) in [5.74, 6) is -1.54. The summed E-state index contributed by atoms with van der Waals surface area (Å²) in [6.07, 6.45) is 5.73. The van der Waals surface area contributed by atoms with Gasteiger partial charge in [-0.1, -0.05) is 37.1 Å². The number of benzene rings is 1. The lowest BCUT2D eigenvalue weighted by atomic mass is 10.0. The number of hydrogen-bond acceptors (Lipinski definition) is 7. The normalized spacial score (nSPS) is 14.7. The van der Waals surface area contributed by atoms with E-state index >= 15 is 0 Å². The van der Waals surface area contributed by atoms with Gasteiger partial charge in [0.1, 0.15) is 10.9 Å². The molecule has 3 amide bonds. The molecular formula is C25H26N6O3S2. The molecule has 0 radical (unpaired) electrons. The number of fused-ring (bicyclic) bond motifs is 1. The number of rotatable bonds is 8. The molecule has 1 fully saturated rings. The van der Waals surface area contributed by atoms with Crippen LogP contribution in [-0.4, -0.2) is 38.0 Å². The molecule has 0 saturated heterocycles. The lowest BCUT2D eigenvalue weighted by Crippen LogP contribution is -2.45. The van der Waals surface area contributed by atoms with Crippen LogP contribution < -0.4 is 16.8 Å². The minimum atomic E-state index is -0.935. The highest BCUT2D eigenvalue weighted by Crippen LogP contribution is 2.34. The molecule has 4 aromatic rings. The van der Waals surface area contributed by atoms with Gasteiger partial charge in [-0.05, 0) is 41.9 Å². The Labute approximate surface area is 215 Å². The maximum absolute atomic E-state index is 14.0. The number of H-pyrrole nitrogens is 1. The van der Waals surface area contributed by atoms with E-state index in [4.69, 9.17) is 11.5 Å². The number of thiophene rings is 1. The fourth-order valence-corrected chi connectivity index (χ4v) is 6.20. The zero-order valence-electron chi connectivity index (χ0n) is 19.4. The van der Waals surface area contributed by atoms with Crippen LogP contribution >= 0.6 is 22.9 Å². The summed E-state index contributed by atoms with van der Waals surface area (Å²) in [6, 6.07) is 10.6. The van der Waals surface area contributed by atoms with Gasteiger partial charge in [0, 0.05) is 33.6 Å². The van der Waals surface area contributed by atoms with Crippen molar-refractivity contribution in [3.05, 3.63) is 69.0 Å². The van der Waals surface area contributed by atoms with Crippen LogP contribution in [0.4, 0.5) is 5.69 Å². The van der Waals surface area contributed by atoms with E-state index < -0.39 is 17.9 Å². The average Bonchev–Trinajstić information content (AvgIpc) is 3.66. The molecule has 0 bridgehead atoms. The summed E-state index contributed by atoms with van der Waals surface area (Å²) < 4.78 is 4.01. The van der Waals surface area contributed by atoms with E-state index in [1.165, 1.54) is 16.2 Å². The van der Waals surface area contributed by atoms with Crippen LogP contribution in [0.3, 0.4) is 0 Å². The van der Waals surface area contributed by atoms with Crippen LogP contribution in [0.5, 0.6) is 0 Å². The smallest absolute Gasteiger partial charge is 0.270 e. The molecule has 5 rings (SSSR count). The van der Waals surface area contributed by atoms with Gasteiger partial charge in [0.05, 0.1) is 12.2 Å². The number of nitrogens with one attached hydrogen (secondary N) is 2. The van der Waals surface area contributed by atoms with E-state index in [1.54, 1.807) is 6.20 Å². The van der Waals surface area contributed by atoms with Crippen LogP contribution in [-0.2, 0) is 11.3 Å². The zero-order valence-corrected chi connectivity index (χ0v) is 21.0. The maximum Gasteiger partial charge on any atom is 0.270 e. The second-order valence-corrected chi connectivity index (χ2v) is 10.6. The van der Waals surface area contributed by atoms with Gasteiger partial charge in [-0.2, -0.15) is 4.37 Å². The summed E-state index contributed by atoms with van der Waals surface area (Å²) in [7, 11) is 0. The number of hydrogen-bond donors (Lipinski definition) is 4. The Morgan fingerprint density at radius 1 is 1.17 bits per heavy atom. The van der Waals surface area contributed by atoms with Crippen molar-refractivity contribution < 1.29 is 14.4 Å². The zero-order chi connectivity index (χ0) is 25.2. The Hall–Kier alpha value is -3.70. The van der Waals surface area contributed by atoms with Gasteiger partial charge in [-0.3, -0.25) is 14.4 Å². The van der Waals surface area contributed by atoms with Crippen molar-refractivity contribution >= 4 is 57.2 Å². The predicted molar refractivity (Wildman–Crippen MR) is 141 cm³/mol. The first-order chi connectivity index (χ1) is 17.4. The van der Waals surface area contributed by atoms with Crippen molar-refractivity contribution in [1.29, 1.82) is 0 Å². The summed E-state index contributed by atoms with van der Waals surface area (Å²) >= 11 is 2.30. The van der Waals surface area contributed by atoms with Crippen LogP contribution in [0.25, 0.3) is 10.9 Å². The number of primary amides is 1. The van der Waals surface area contributed by atoms with Gasteiger partial charge in [-0.15, -0.1) is 11.3 Å². The number of carbonyl (C=O) groups is 3. The number of nitrogens with zero attached hydrogens (tertiary/aromatic N) is 2. The van der Waals surface area contributed by atoms with Crippen molar-refractivity contribution in [3.63, 3.8) is 0 Å². The first-order valence-corrected chi connectivity index (χ1v) is 13.3. The number of para-hydroxylation sites is 1. The molecule has 186 valence electrons. The Morgan fingerprint density at radius 2 is 1.94 bits per heavy atom. The SMILES string of the molecule is NC(=O)c1nsc(C(=O)N(Cc2cccs2)C(C(=O)NC2CCCC2)c2c[nH]c3ccccc23)c1N. The van der Waals surface area contributed by atoms with Gasteiger partial charge in [0.25, 0.3) is 11.8 Å². The molecule has 9 nitrogen and oxygen atoms in total. The quantitative estimate of drug-likeness (QED) is 0.278. The number of aromatic nitrogens is 2. The molecule has 0 spiro atoms. The number of anilines is 1. The third kappa shape index (κ3) is 4.59. The second-order valence-electron chi connectivity index (χ2n) is 8.83. The van der Waals surface area contributed by atoms with E-state index in [0.717, 1.165) is 53.0 Å². The van der Waals surface area contributed by atoms with Crippen molar-refractivity contribution in [2.75, 3.05) is 5.73 Å². The first kappa shape index (κ1) is 24.0. The molecule has 1 aliphatic rings. The van der Waals surface area contributed by atoms with Crippen molar-refractivity contribution in [1.82, 2.24) is 19.6 Å². The van der Waals surface area contributed by atoms with Gasteiger partial charge in [0.2, 0.25) is 5.91 Å². The average molecular weight is 523 g/mol. The number of amides is 3. The van der Waals surface area contributed by atoms with Crippen LogP contribution in [0.15, 0.2) is 48.0 Å². The van der Waals surface area contributed by atoms with E-state index in [9.17, 15) is 14.4 Å². The highest BCUT2D eigenvalue weighted by atomic mass is 32.1. The van der Waals surface area contributed by atoms with Crippen molar-refractivity contribution in [2.24, 2.45) is 5.73 Å². The third-order valence-electron chi connectivity index (χ3n) is 6.50. The Morgan fingerprint density at radius 3 is 2.64 bits per heavy atom. The van der Waals surface area contributed by atoms with E-state index in [0.29, 0.717) is 5.56 Å². The molecule has 3 heterocycles. The van der Waals surface area contributed by atoms with E-state index in [-0.39, 0.29) is 34.8 Å². The molecule has 1 aliphatic carbocycles. The van der Waals surface area contributed by atoms with Crippen molar-refractivity contribution in [3.8, 4) is 0 Å². The summed E-state index contributed by atoms with van der Waals surface area (Å²) in [6.45, 7) is 0.183. The molecule has 1 unspecified atom stereocenters. The minimum absolute atomic E-state index is 0.0671. The fraction of sp³-hybridized carbons (Fsp3) is 0.280. The molecule has 3 aromatic heterocycles. The Kier molecular flexibility index (Phi) is 6.75. The lowest BCUT2D eigenvalue weighted by Gasteiger charge is -2.31. The highest BCUT2D eigenvalue weighted by Gasteiger charge is 2.37. The standard InChI is InChI=1S/C25H26N6O3S2/c26-19-20(23(27)32)30-36-22(19)25(34)31(13-15-8-5-11-35-15)21(24(33)29-14-6-1-2-7-14)17-12-28-18-10-4-3-9-16(17)18/h3-5,8-12,14,21,28H,1-2,6-7,13,26H2,(H2,27,32)(H,29,33). The monoisotopic (exact) mass is 522 g/mol. The summed E-state index contributed by atoms with van der Waals surface area (Å²) in [5.41, 5.74) is 12.9. The third-order valence-corrected chi connectivity index (χ3v) is 8.21. The molecule has 0 aliphatic heterocycles. The molecule has 1 atom stereocenters. The van der Waals surface area contributed by atoms with Crippen molar-refractivity contribution in [2.45, 2.75) is 44.3 Å². The number of nitrogens with two attached hydrogens (primary N) is 2. The molecule has 1 aromatic carbocycles. The fourth-order valence-electron chi connectivity index (χ4n) is 4.73. The topological polar surface area (TPSA) is 147 Å². The van der Waals surface area contributed by atoms with Gasteiger partial charge >= 0.3 is 0 Å². The van der Waals surface area contributed by atoms with E-state index in [1.807, 2.05) is 41.8 Å². The lowest BCUT2D eigenvalue weighted by molar-refractivity contribution is -0.126. The molecule has 11 heteroatoms. The van der Waals surface area contributed by atoms with Gasteiger partial charge < -0.3 is 26.7 Å². The van der Waals surface area contributed by atoms with Crippen LogP contribution in [0.1, 0.15) is 62.3 Å². The summed E-state index contributed by atoms with van der Waals surface area (Å²) in [5, 5.41) is 5.95.